The van der Waals surface area contributed by atoms with Gasteiger partial charge in [-0.1, -0.05) is 29.8 Å². The maximum absolute atomic E-state index is 12.3. The van der Waals surface area contributed by atoms with E-state index in [0.29, 0.717) is 28.8 Å². The molecule has 0 aliphatic heterocycles. The Labute approximate surface area is 165 Å². The van der Waals surface area contributed by atoms with Gasteiger partial charge in [-0.15, -0.1) is 5.10 Å². The summed E-state index contributed by atoms with van der Waals surface area (Å²) in [5.41, 5.74) is 2.17. The number of hydrogen-bond acceptors (Lipinski definition) is 6. The third kappa shape index (κ3) is 4.07. The molecular formula is C19H15ClN6O2. The number of oxazole rings is 1. The second-order valence-corrected chi connectivity index (χ2v) is 6.36. The highest BCUT2D eigenvalue weighted by atomic mass is 35.5. The molecular weight excluding hydrogens is 380 g/mol. The summed E-state index contributed by atoms with van der Waals surface area (Å²) in [4.78, 5) is 16.5. The van der Waals surface area contributed by atoms with Crippen LogP contribution in [-0.2, 0) is 11.2 Å². The molecule has 0 spiro atoms. The van der Waals surface area contributed by atoms with Crippen LogP contribution in [0.1, 0.15) is 12.3 Å². The van der Waals surface area contributed by atoms with Crippen molar-refractivity contribution in [2.45, 2.75) is 12.8 Å². The molecule has 1 amide bonds. The lowest BCUT2D eigenvalue weighted by molar-refractivity contribution is -0.116. The van der Waals surface area contributed by atoms with Crippen molar-refractivity contribution in [2.24, 2.45) is 0 Å². The van der Waals surface area contributed by atoms with Gasteiger partial charge in [0.2, 0.25) is 5.91 Å². The molecule has 0 saturated carbocycles. The third-order valence-electron chi connectivity index (χ3n) is 4.00. The summed E-state index contributed by atoms with van der Waals surface area (Å²) < 4.78 is 7.23. The standard InChI is InChI=1S/C19H15ClN6O2/c20-16-7-2-1-6-15(16)17-11-21-19(28-17)9-8-18(27)23-13-4-3-5-14(10-13)26-12-22-24-25-26/h1-7,10-12H,8-9H2,(H,23,27). The van der Waals surface area contributed by atoms with E-state index in [-0.39, 0.29) is 12.3 Å². The van der Waals surface area contributed by atoms with Gasteiger partial charge in [0.25, 0.3) is 0 Å². The molecule has 140 valence electrons. The first-order valence-electron chi connectivity index (χ1n) is 8.52. The first-order chi connectivity index (χ1) is 13.7. The highest BCUT2D eigenvalue weighted by Gasteiger charge is 2.11. The zero-order valence-corrected chi connectivity index (χ0v) is 15.4. The molecule has 1 N–H and O–H groups in total. The fraction of sp³-hybridized carbons (Fsp3) is 0.105. The smallest absolute Gasteiger partial charge is 0.224 e. The van der Waals surface area contributed by atoms with Crippen molar-refractivity contribution < 1.29 is 9.21 Å². The number of halogens is 1. The molecule has 0 atom stereocenters. The van der Waals surface area contributed by atoms with Gasteiger partial charge in [-0.2, -0.15) is 0 Å². The van der Waals surface area contributed by atoms with Crippen LogP contribution in [0.3, 0.4) is 0 Å². The number of rotatable bonds is 6. The molecule has 0 radical (unpaired) electrons. The van der Waals surface area contributed by atoms with Crippen LogP contribution in [-0.4, -0.2) is 31.1 Å². The summed E-state index contributed by atoms with van der Waals surface area (Å²) in [6.45, 7) is 0. The predicted octanol–water partition coefficient (Wildman–Crippen LogP) is 3.54. The summed E-state index contributed by atoms with van der Waals surface area (Å²) in [5, 5.41) is 14.5. The Morgan fingerprint density at radius 1 is 1.18 bits per heavy atom. The predicted molar refractivity (Wildman–Crippen MR) is 103 cm³/mol. The van der Waals surface area contributed by atoms with Gasteiger partial charge in [-0.25, -0.2) is 9.67 Å². The summed E-state index contributed by atoms with van der Waals surface area (Å²) in [6.07, 6.45) is 3.71. The van der Waals surface area contributed by atoms with Gasteiger partial charge in [0.05, 0.1) is 16.9 Å². The average molecular weight is 395 g/mol. The number of nitrogens with zero attached hydrogens (tertiary/aromatic N) is 5. The van der Waals surface area contributed by atoms with Crippen molar-refractivity contribution in [2.75, 3.05) is 5.32 Å². The number of carbonyl (C=O) groups excluding carboxylic acids is 1. The summed E-state index contributed by atoms with van der Waals surface area (Å²) in [6, 6.07) is 14.6. The SMILES string of the molecule is O=C(CCc1ncc(-c2ccccc2Cl)o1)Nc1cccc(-n2cnnn2)c1. The van der Waals surface area contributed by atoms with Crippen LogP contribution in [0.4, 0.5) is 5.69 Å². The van der Waals surface area contributed by atoms with E-state index in [1.54, 1.807) is 24.4 Å². The van der Waals surface area contributed by atoms with Crippen molar-refractivity contribution >= 4 is 23.2 Å². The van der Waals surface area contributed by atoms with Crippen LogP contribution < -0.4 is 5.32 Å². The van der Waals surface area contributed by atoms with Crippen LogP contribution >= 0.6 is 11.6 Å². The minimum absolute atomic E-state index is 0.147. The van der Waals surface area contributed by atoms with Crippen LogP contribution in [0.2, 0.25) is 5.02 Å². The Hall–Kier alpha value is -3.52. The molecule has 0 unspecified atom stereocenters. The lowest BCUT2D eigenvalue weighted by Gasteiger charge is -2.06. The van der Waals surface area contributed by atoms with Gasteiger partial charge < -0.3 is 9.73 Å². The highest BCUT2D eigenvalue weighted by molar-refractivity contribution is 6.33. The molecule has 0 aliphatic rings. The van der Waals surface area contributed by atoms with Gasteiger partial charge >= 0.3 is 0 Å². The molecule has 0 bridgehead atoms. The van der Waals surface area contributed by atoms with E-state index >= 15 is 0 Å². The van der Waals surface area contributed by atoms with E-state index in [1.165, 1.54) is 11.0 Å². The zero-order valence-electron chi connectivity index (χ0n) is 14.6. The van der Waals surface area contributed by atoms with E-state index in [9.17, 15) is 4.79 Å². The number of hydrogen-bond donors (Lipinski definition) is 1. The van der Waals surface area contributed by atoms with Gasteiger partial charge in [-0.05, 0) is 40.8 Å². The van der Waals surface area contributed by atoms with E-state index < -0.39 is 0 Å². The monoisotopic (exact) mass is 394 g/mol. The molecule has 9 heteroatoms. The molecule has 0 saturated heterocycles. The van der Waals surface area contributed by atoms with Crippen molar-refractivity contribution in [1.29, 1.82) is 0 Å². The number of nitrogens with one attached hydrogen (secondary N) is 1. The van der Waals surface area contributed by atoms with Crippen LogP contribution in [0, 0.1) is 0 Å². The number of anilines is 1. The molecule has 2 aromatic heterocycles. The minimum Gasteiger partial charge on any atom is -0.441 e. The molecule has 8 nitrogen and oxygen atoms in total. The average Bonchev–Trinajstić information content (AvgIpc) is 3.39. The molecule has 4 aromatic rings. The third-order valence-corrected chi connectivity index (χ3v) is 4.33. The maximum atomic E-state index is 12.3. The molecule has 28 heavy (non-hydrogen) atoms. The van der Waals surface area contributed by atoms with Crippen molar-refractivity contribution in [3.05, 3.63) is 72.0 Å². The number of aromatic nitrogens is 5. The lowest BCUT2D eigenvalue weighted by atomic mass is 10.2. The summed E-state index contributed by atoms with van der Waals surface area (Å²) in [5.74, 6) is 0.911. The largest absolute Gasteiger partial charge is 0.441 e. The minimum atomic E-state index is -0.147. The van der Waals surface area contributed by atoms with E-state index in [1.807, 2.05) is 30.3 Å². The van der Waals surface area contributed by atoms with Crippen LogP contribution in [0.15, 0.2) is 65.5 Å². The quantitative estimate of drug-likeness (QED) is 0.537. The Kier molecular flexibility index (Phi) is 5.11. The number of benzene rings is 2. The Morgan fingerprint density at radius 2 is 2.07 bits per heavy atom. The number of tetrazole rings is 1. The summed E-state index contributed by atoms with van der Waals surface area (Å²) >= 11 is 6.17. The van der Waals surface area contributed by atoms with E-state index in [0.717, 1.165) is 11.3 Å². The van der Waals surface area contributed by atoms with Crippen LogP contribution in [0.25, 0.3) is 17.0 Å². The first kappa shape index (κ1) is 17.9. The van der Waals surface area contributed by atoms with Crippen molar-refractivity contribution in [3.63, 3.8) is 0 Å². The fourth-order valence-electron chi connectivity index (χ4n) is 2.66. The second kappa shape index (κ2) is 8.01. The molecule has 4 rings (SSSR count). The van der Waals surface area contributed by atoms with Gasteiger partial charge in [0.15, 0.2) is 11.7 Å². The fourth-order valence-corrected chi connectivity index (χ4v) is 2.89. The van der Waals surface area contributed by atoms with E-state index in [4.69, 9.17) is 16.0 Å². The summed E-state index contributed by atoms with van der Waals surface area (Å²) in [7, 11) is 0. The van der Waals surface area contributed by atoms with E-state index in [2.05, 4.69) is 25.8 Å². The lowest BCUT2D eigenvalue weighted by Crippen LogP contribution is -2.12. The Bertz CT molecular complexity index is 1090. The molecule has 2 heterocycles. The number of amides is 1. The van der Waals surface area contributed by atoms with Gasteiger partial charge in [0.1, 0.15) is 6.33 Å². The normalized spacial score (nSPS) is 10.8. The maximum Gasteiger partial charge on any atom is 0.224 e. The van der Waals surface area contributed by atoms with Crippen LogP contribution in [0.5, 0.6) is 0 Å². The Balaban J connectivity index is 1.37. The van der Waals surface area contributed by atoms with Crippen molar-refractivity contribution in [1.82, 2.24) is 25.2 Å². The highest BCUT2D eigenvalue weighted by Crippen LogP contribution is 2.28. The van der Waals surface area contributed by atoms with Gasteiger partial charge in [-0.3, -0.25) is 4.79 Å². The second-order valence-electron chi connectivity index (χ2n) is 5.95. The number of aryl methyl sites for hydroxylation is 1. The topological polar surface area (TPSA) is 98.7 Å². The number of carbonyl (C=O) groups is 1. The van der Waals surface area contributed by atoms with Crippen molar-refractivity contribution in [3.8, 4) is 17.0 Å². The molecule has 2 aromatic carbocycles. The first-order valence-corrected chi connectivity index (χ1v) is 8.90. The van der Waals surface area contributed by atoms with Gasteiger partial charge in [0, 0.05) is 24.1 Å². The Morgan fingerprint density at radius 3 is 2.89 bits per heavy atom. The molecule has 0 fully saturated rings. The zero-order chi connectivity index (χ0) is 19.3. The molecule has 0 aliphatic carbocycles.